The third-order valence-electron chi connectivity index (χ3n) is 3.85. The van der Waals surface area contributed by atoms with E-state index >= 15 is 0 Å². The fraction of sp³-hybridized carbons (Fsp3) is 1.00. The molecular weight excluding hydrogens is 494 g/mol. The topological polar surface area (TPSA) is 161 Å². The van der Waals surface area contributed by atoms with Gasteiger partial charge in [0.2, 0.25) is 0 Å². The monoisotopic (exact) mass is 534 g/mol. The van der Waals surface area contributed by atoms with Crippen molar-refractivity contribution in [3.63, 3.8) is 0 Å². The van der Waals surface area contributed by atoms with Gasteiger partial charge in [-0.1, -0.05) is 55.4 Å². The van der Waals surface area contributed by atoms with Crippen molar-refractivity contribution in [1.82, 2.24) is 0 Å². The van der Waals surface area contributed by atoms with Crippen molar-refractivity contribution in [2.45, 2.75) is 55.4 Å². The molecular formula is C16H40AlNaO8P4. The smallest absolute Gasteiger partial charge is 0.799 e. The summed E-state index contributed by atoms with van der Waals surface area (Å²) < 4.78 is 41.6. The first kappa shape index (κ1) is 45.7. The van der Waals surface area contributed by atoms with Crippen LogP contribution in [0.3, 0.4) is 0 Å². The molecule has 8 nitrogen and oxygen atoms in total. The minimum absolute atomic E-state index is 0. The van der Waals surface area contributed by atoms with Crippen LogP contribution in [0, 0.1) is 0 Å². The Labute approximate surface area is 217 Å². The minimum atomic E-state index is -2.90. The van der Waals surface area contributed by atoms with Crippen molar-refractivity contribution in [3.05, 3.63) is 0 Å². The van der Waals surface area contributed by atoms with E-state index < -0.39 is 29.5 Å². The SMILES string of the molecule is CCP(=O)([O-])CC.CCP(=O)([O-])CC.CCP(=O)([O-])CC.CCP(=O)([O-])CC.[Al+3].[Na+]. The average molecular weight is 534 g/mol. The molecule has 14 heteroatoms. The molecule has 30 heavy (non-hydrogen) atoms. The van der Waals surface area contributed by atoms with Crippen LogP contribution in [0.2, 0.25) is 0 Å². The Kier molecular flexibility index (Phi) is 37.2. The molecule has 0 aliphatic carbocycles. The maximum Gasteiger partial charge on any atom is 3.00 e. The standard InChI is InChI=1S/4C4H11O2P.Al.Na/c4*1-3-7(5,6)4-2;;/h4*3-4H2,1-2H3,(H,5,6);;/q;;;;+3;+1/p-4. The first-order valence-corrected chi connectivity index (χ1v) is 17.6. The maximum atomic E-state index is 10.4. The molecule has 0 spiro atoms. The van der Waals surface area contributed by atoms with Crippen molar-refractivity contribution in [1.29, 1.82) is 0 Å². The zero-order valence-corrected chi connectivity index (χ0v) is 27.0. The predicted octanol–water partition coefficient (Wildman–Crippen LogP) is -0.718. The van der Waals surface area contributed by atoms with Gasteiger partial charge in [0.1, 0.15) is 0 Å². The van der Waals surface area contributed by atoms with Crippen LogP contribution in [-0.4, -0.2) is 66.7 Å². The van der Waals surface area contributed by atoms with Gasteiger partial charge in [0.05, 0.1) is 0 Å². The molecule has 0 rings (SSSR count). The van der Waals surface area contributed by atoms with Crippen molar-refractivity contribution in [3.8, 4) is 0 Å². The van der Waals surface area contributed by atoms with Crippen LogP contribution in [0.15, 0.2) is 0 Å². The first-order chi connectivity index (χ1) is 12.5. The van der Waals surface area contributed by atoms with Gasteiger partial charge in [-0.15, -0.1) is 0 Å². The summed E-state index contributed by atoms with van der Waals surface area (Å²) in [6.07, 6.45) is 2.36. The van der Waals surface area contributed by atoms with Crippen molar-refractivity contribution in [2.24, 2.45) is 0 Å². The molecule has 0 aliphatic heterocycles. The van der Waals surface area contributed by atoms with Gasteiger partial charge in [-0.3, -0.25) is 0 Å². The largest absolute Gasteiger partial charge is 3.00 e. The second-order valence-electron chi connectivity index (χ2n) is 5.79. The van der Waals surface area contributed by atoms with Crippen LogP contribution < -0.4 is 49.1 Å². The number of rotatable bonds is 8. The van der Waals surface area contributed by atoms with E-state index in [4.69, 9.17) is 0 Å². The van der Waals surface area contributed by atoms with Gasteiger partial charge in [0, 0.05) is 29.5 Å². The van der Waals surface area contributed by atoms with Crippen LogP contribution in [0.5, 0.6) is 0 Å². The zero-order valence-electron chi connectivity index (χ0n) is 20.3. The molecule has 0 atom stereocenters. The molecule has 0 saturated heterocycles. The van der Waals surface area contributed by atoms with Gasteiger partial charge in [0.25, 0.3) is 0 Å². The van der Waals surface area contributed by atoms with E-state index in [9.17, 15) is 37.8 Å². The summed E-state index contributed by atoms with van der Waals surface area (Å²) >= 11 is 0. The molecule has 0 aromatic heterocycles. The Morgan fingerprint density at radius 2 is 0.467 bits per heavy atom. The minimum Gasteiger partial charge on any atom is -0.799 e. The van der Waals surface area contributed by atoms with E-state index in [0.717, 1.165) is 0 Å². The van der Waals surface area contributed by atoms with Crippen molar-refractivity contribution >= 4 is 46.8 Å². The van der Waals surface area contributed by atoms with E-state index in [0.29, 0.717) is 49.3 Å². The summed E-state index contributed by atoms with van der Waals surface area (Å²) in [5, 5.41) is 0. The quantitative estimate of drug-likeness (QED) is 0.291. The average Bonchev–Trinajstić information content (AvgIpc) is 2.69. The maximum absolute atomic E-state index is 10.4. The van der Waals surface area contributed by atoms with Gasteiger partial charge in [0.15, 0.2) is 0 Å². The molecule has 0 aliphatic rings. The third-order valence-corrected chi connectivity index (χ3v) is 11.6. The van der Waals surface area contributed by atoms with E-state index in [2.05, 4.69) is 0 Å². The van der Waals surface area contributed by atoms with Gasteiger partial charge in [-0.05, 0) is 49.3 Å². The predicted molar refractivity (Wildman–Crippen MR) is 121 cm³/mol. The summed E-state index contributed by atoms with van der Waals surface area (Å²) in [5.41, 5.74) is 0. The van der Waals surface area contributed by atoms with Crippen LogP contribution in [0.4, 0.5) is 0 Å². The Balaban J connectivity index is -0.0000000626. The molecule has 0 amide bonds. The Morgan fingerprint density at radius 1 is 0.400 bits per heavy atom. The molecule has 0 N–H and O–H groups in total. The molecule has 0 aromatic rings. The third kappa shape index (κ3) is 37.6. The van der Waals surface area contributed by atoms with E-state index in [1.165, 1.54) is 0 Å². The van der Waals surface area contributed by atoms with Crippen LogP contribution in [-0.2, 0) is 18.3 Å². The van der Waals surface area contributed by atoms with E-state index in [1.807, 2.05) is 0 Å². The molecule has 0 heterocycles. The van der Waals surface area contributed by atoms with Gasteiger partial charge in [-0.25, -0.2) is 0 Å². The van der Waals surface area contributed by atoms with Gasteiger partial charge >= 0.3 is 46.9 Å². The normalized spacial score (nSPS) is 11.1. The summed E-state index contributed by atoms with van der Waals surface area (Å²) in [6.45, 7) is 13.3. The van der Waals surface area contributed by atoms with E-state index in [1.54, 1.807) is 55.4 Å². The molecule has 0 bridgehead atoms. The fourth-order valence-corrected chi connectivity index (χ4v) is 2.68. The second kappa shape index (κ2) is 24.4. The Bertz CT molecular complexity index is 435. The molecule has 0 fully saturated rings. The molecule has 176 valence electrons. The molecule has 0 radical (unpaired) electrons. The number of hydrogen-bond acceptors (Lipinski definition) is 8. The fourth-order valence-electron chi connectivity index (χ4n) is 0.894. The van der Waals surface area contributed by atoms with Crippen LogP contribution >= 0.6 is 29.5 Å². The second-order valence-corrected chi connectivity index (χ2v) is 17.4. The Hall–Kier alpha value is 2.29. The Morgan fingerprint density at radius 3 is 0.467 bits per heavy atom. The summed E-state index contributed by atoms with van der Waals surface area (Å²) in [7, 11) is -11.6. The number of hydrogen-bond donors (Lipinski definition) is 0. The zero-order chi connectivity index (χ0) is 23.7. The first-order valence-electron chi connectivity index (χ1n) is 9.65. The van der Waals surface area contributed by atoms with Crippen LogP contribution in [0.25, 0.3) is 0 Å². The summed E-state index contributed by atoms with van der Waals surface area (Å²) in [6, 6.07) is 0. The van der Waals surface area contributed by atoms with Crippen LogP contribution in [0.1, 0.15) is 55.4 Å². The van der Waals surface area contributed by atoms with Crippen molar-refractivity contribution in [2.75, 3.05) is 49.3 Å². The van der Waals surface area contributed by atoms with Gasteiger partial charge < -0.3 is 37.8 Å². The summed E-state index contributed by atoms with van der Waals surface area (Å²) in [5.74, 6) is 0. The molecule has 0 aromatic carbocycles. The molecule has 0 saturated carbocycles. The van der Waals surface area contributed by atoms with E-state index in [-0.39, 0.29) is 46.9 Å². The summed E-state index contributed by atoms with van der Waals surface area (Å²) in [4.78, 5) is 41.6. The molecule has 0 unspecified atom stereocenters. The van der Waals surface area contributed by atoms with Gasteiger partial charge in [-0.2, -0.15) is 0 Å². The van der Waals surface area contributed by atoms with Crippen molar-refractivity contribution < 1.29 is 67.4 Å².